The number of amides is 1. The average Bonchev–Trinajstić information content (AvgIpc) is 3.27. The topological polar surface area (TPSA) is 96.9 Å². The van der Waals surface area contributed by atoms with Gasteiger partial charge in [-0.2, -0.15) is 4.31 Å². The van der Waals surface area contributed by atoms with Crippen molar-refractivity contribution < 1.29 is 22.7 Å². The number of hydrogen-bond acceptors (Lipinski definition) is 6. The molecule has 2 aliphatic rings. The maximum Gasteiger partial charge on any atom is 0.299 e. The zero-order chi connectivity index (χ0) is 19.9. The molecule has 146 valence electrons. The number of carbonyl (C=O) groups is 2. The second kappa shape index (κ2) is 6.99. The van der Waals surface area contributed by atoms with Crippen molar-refractivity contribution in [2.45, 2.75) is 23.8 Å². The van der Waals surface area contributed by atoms with Gasteiger partial charge in [-0.15, -0.1) is 0 Å². The summed E-state index contributed by atoms with van der Waals surface area (Å²) >= 11 is 0. The molecule has 0 spiro atoms. The smallest absolute Gasteiger partial charge is 0.299 e. The van der Waals surface area contributed by atoms with Crippen molar-refractivity contribution in [3.05, 3.63) is 48.3 Å². The highest BCUT2D eigenvalue weighted by molar-refractivity contribution is 7.89. The van der Waals surface area contributed by atoms with Crippen LogP contribution in [0.3, 0.4) is 0 Å². The molecule has 1 atom stereocenters. The first-order valence-electron chi connectivity index (χ1n) is 8.90. The molecular formula is C19H19N3O5S. The van der Waals surface area contributed by atoms with Crippen molar-refractivity contribution in [1.29, 1.82) is 0 Å². The minimum atomic E-state index is -3.82. The summed E-state index contributed by atoms with van der Waals surface area (Å²) in [6.07, 6.45) is 4.62. The number of hydrogen-bond donors (Lipinski definition) is 0. The van der Waals surface area contributed by atoms with E-state index in [1.807, 2.05) is 0 Å². The maximum absolute atomic E-state index is 13.2. The number of ether oxygens (including phenoxy) is 1. The Morgan fingerprint density at radius 1 is 1.25 bits per heavy atom. The Morgan fingerprint density at radius 3 is 2.82 bits per heavy atom. The van der Waals surface area contributed by atoms with Crippen molar-refractivity contribution in [2.24, 2.45) is 0 Å². The fourth-order valence-electron chi connectivity index (χ4n) is 3.58. The molecule has 0 bridgehead atoms. The summed E-state index contributed by atoms with van der Waals surface area (Å²) in [6.45, 7) is 0.600. The first-order chi connectivity index (χ1) is 13.4. The minimum Gasteiger partial charge on any atom is -0.490 e. The van der Waals surface area contributed by atoms with Crippen LogP contribution in [-0.4, -0.2) is 55.6 Å². The van der Waals surface area contributed by atoms with Crippen LogP contribution in [0.25, 0.3) is 0 Å². The van der Waals surface area contributed by atoms with E-state index in [2.05, 4.69) is 4.98 Å². The summed E-state index contributed by atoms with van der Waals surface area (Å²) < 4.78 is 33.5. The number of aromatic nitrogens is 1. The number of ketones is 1. The van der Waals surface area contributed by atoms with Crippen LogP contribution in [-0.2, 0) is 14.8 Å². The summed E-state index contributed by atoms with van der Waals surface area (Å²) in [5, 5.41) is 0. The second-order valence-corrected chi connectivity index (χ2v) is 8.67. The lowest BCUT2D eigenvalue weighted by Gasteiger charge is -2.24. The molecule has 2 aromatic rings. The van der Waals surface area contributed by atoms with Gasteiger partial charge in [0.2, 0.25) is 10.0 Å². The highest BCUT2D eigenvalue weighted by Gasteiger charge is 2.38. The van der Waals surface area contributed by atoms with Crippen LogP contribution < -0.4 is 9.64 Å². The predicted molar refractivity (Wildman–Crippen MR) is 101 cm³/mol. The Bertz CT molecular complexity index is 1040. The number of benzene rings is 1. The number of nitrogens with zero attached hydrogens (tertiary/aromatic N) is 3. The molecule has 0 N–H and O–H groups in total. The fourth-order valence-corrected chi connectivity index (χ4v) is 5.29. The zero-order valence-electron chi connectivity index (χ0n) is 15.2. The molecule has 8 nitrogen and oxygen atoms in total. The Morgan fingerprint density at radius 2 is 2.07 bits per heavy atom. The molecule has 28 heavy (non-hydrogen) atoms. The summed E-state index contributed by atoms with van der Waals surface area (Å²) in [5.41, 5.74) is 0.544. The molecule has 1 aromatic carbocycles. The zero-order valence-corrected chi connectivity index (χ0v) is 16.1. The molecule has 4 rings (SSSR count). The normalized spacial score (nSPS) is 19.9. The molecule has 1 aromatic heterocycles. The number of pyridine rings is 1. The van der Waals surface area contributed by atoms with Gasteiger partial charge in [-0.1, -0.05) is 0 Å². The van der Waals surface area contributed by atoms with Gasteiger partial charge in [-0.25, -0.2) is 8.42 Å². The van der Waals surface area contributed by atoms with Crippen LogP contribution in [0.15, 0.2) is 47.6 Å². The molecule has 1 unspecified atom stereocenters. The molecule has 2 aliphatic heterocycles. The van der Waals surface area contributed by atoms with E-state index in [1.165, 1.54) is 34.5 Å². The molecule has 1 saturated heterocycles. The molecule has 1 amide bonds. The van der Waals surface area contributed by atoms with E-state index >= 15 is 0 Å². The maximum atomic E-state index is 13.2. The summed E-state index contributed by atoms with van der Waals surface area (Å²) in [4.78, 5) is 29.2. The van der Waals surface area contributed by atoms with Gasteiger partial charge >= 0.3 is 0 Å². The lowest BCUT2D eigenvalue weighted by molar-refractivity contribution is -0.114. The summed E-state index contributed by atoms with van der Waals surface area (Å²) in [5.74, 6) is -0.766. The standard InChI is InChI=1S/C19H19N3O5S/c1-21-17-7-6-15(10-16(17)18(23)19(21)24)28(25,26)22-9-3-4-13(22)12-27-14-5-2-8-20-11-14/h2,5-8,10-11,13H,3-4,9,12H2,1H3. The number of carbonyl (C=O) groups excluding carboxylic acids is 2. The lowest BCUT2D eigenvalue weighted by Crippen LogP contribution is -2.39. The Balaban J connectivity index is 1.58. The first kappa shape index (κ1) is 18.6. The third-order valence-corrected chi connectivity index (χ3v) is 7.03. The third-order valence-electron chi connectivity index (χ3n) is 5.08. The van der Waals surface area contributed by atoms with E-state index in [-0.39, 0.29) is 23.1 Å². The predicted octanol–water partition coefficient (Wildman–Crippen LogP) is 1.47. The van der Waals surface area contributed by atoms with Crippen molar-refractivity contribution in [1.82, 2.24) is 9.29 Å². The van der Waals surface area contributed by atoms with Gasteiger partial charge in [0.25, 0.3) is 11.7 Å². The molecule has 9 heteroatoms. The molecule has 0 aliphatic carbocycles. The van der Waals surface area contributed by atoms with Gasteiger partial charge < -0.3 is 9.64 Å². The average molecular weight is 401 g/mol. The molecular weight excluding hydrogens is 382 g/mol. The van der Waals surface area contributed by atoms with Gasteiger partial charge in [0.15, 0.2) is 0 Å². The molecule has 3 heterocycles. The van der Waals surface area contributed by atoms with Gasteiger partial charge in [0.1, 0.15) is 12.4 Å². The fraction of sp³-hybridized carbons (Fsp3) is 0.316. The van der Waals surface area contributed by atoms with E-state index in [0.717, 1.165) is 6.42 Å². The van der Waals surface area contributed by atoms with Gasteiger partial charge in [-0.05, 0) is 43.2 Å². The number of Topliss-reactive ketones (excluding diaryl/α,β-unsaturated/α-hetero) is 1. The van der Waals surface area contributed by atoms with E-state index in [1.54, 1.807) is 24.5 Å². The van der Waals surface area contributed by atoms with Gasteiger partial charge in [0.05, 0.1) is 28.4 Å². The summed E-state index contributed by atoms with van der Waals surface area (Å²) in [7, 11) is -2.32. The van der Waals surface area contributed by atoms with Gasteiger partial charge in [-0.3, -0.25) is 14.6 Å². The van der Waals surface area contributed by atoms with Crippen LogP contribution in [0.2, 0.25) is 0 Å². The van der Waals surface area contributed by atoms with Crippen molar-refractivity contribution in [3.8, 4) is 5.75 Å². The van der Waals surface area contributed by atoms with E-state index in [0.29, 0.717) is 24.4 Å². The Labute approximate surface area is 162 Å². The first-order valence-corrected chi connectivity index (χ1v) is 10.3. The highest BCUT2D eigenvalue weighted by Crippen LogP contribution is 2.33. The van der Waals surface area contributed by atoms with Crippen LogP contribution in [0.5, 0.6) is 5.75 Å². The van der Waals surface area contributed by atoms with Crippen LogP contribution in [0.4, 0.5) is 5.69 Å². The third kappa shape index (κ3) is 3.06. The number of anilines is 1. The van der Waals surface area contributed by atoms with Crippen LogP contribution in [0.1, 0.15) is 23.2 Å². The SMILES string of the molecule is CN1C(=O)C(=O)c2cc(S(=O)(=O)N3CCCC3COc3cccnc3)ccc21. The number of sulfonamides is 1. The van der Waals surface area contributed by atoms with Crippen LogP contribution in [0, 0.1) is 0 Å². The van der Waals surface area contributed by atoms with Crippen molar-refractivity contribution in [3.63, 3.8) is 0 Å². The minimum absolute atomic E-state index is 0.0102. The second-order valence-electron chi connectivity index (χ2n) is 6.78. The van der Waals surface area contributed by atoms with Gasteiger partial charge in [0, 0.05) is 19.8 Å². The van der Waals surface area contributed by atoms with Crippen molar-refractivity contribution >= 4 is 27.4 Å². The van der Waals surface area contributed by atoms with Crippen LogP contribution >= 0.6 is 0 Å². The number of fused-ring (bicyclic) bond motifs is 1. The summed E-state index contributed by atoms with van der Waals surface area (Å²) in [6, 6.07) is 7.44. The lowest BCUT2D eigenvalue weighted by atomic mass is 10.1. The monoisotopic (exact) mass is 401 g/mol. The highest BCUT2D eigenvalue weighted by atomic mass is 32.2. The van der Waals surface area contributed by atoms with E-state index in [4.69, 9.17) is 4.74 Å². The largest absolute Gasteiger partial charge is 0.490 e. The van der Waals surface area contributed by atoms with Crippen molar-refractivity contribution in [2.75, 3.05) is 25.1 Å². The number of likely N-dealkylation sites (N-methyl/N-ethyl adjacent to an activating group) is 1. The molecule has 0 saturated carbocycles. The Kier molecular flexibility index (Phi) is 4.64. The molecule has 1 fully saturated rings. The quantitative estimate of drug-likeness (QED) is 0.704. The molecule has 0 radical (unpaired) electrons. The Hall–Kier alpha value is -2.78. The number of rotatable bonds is 5. The van der Waals surface area contributed by atoms with E-state index < -0.39 is 21.7 Å². The van der Waals surface area contributed by atoms with E-state index in [9.17, 15) is 18.0 Å².